The molecule has 0 aliphatic carbocycles. The molecule has 1 aromatic carbocycles. The molecule has 0 saturated heterocycles. The van der Waals surface area contributed by atoms with E-state index in [1.165, 1.54) is 0 Å². The Labute approximate surface area is 127 Å². The summed E-state index contributed by atoms with van der Waals surface area (Å²) in [5.74, 6) is 1.29. The van der Waals surface area contributed by atoms with E-state index in [-0.39, 0.29) is 5.54 Å². The molecule has 1 N–H and O–H groups in total. The third-order valence-electron chi connectivity index (χ3n) is 3.10. The monoisotopic (exact) mass is 338 g/mol. The molecule has 2 nitrogen and oxygen atoms in total. The molecule has 0 fully saturated rings. The van der Waals surface area contributed by atoms with Crippen molar-refractivity contribution in [2.45, 2.75) is 19.4 Å². The first kappa shape index (κ1) is 14.4. The Morgan fingerprint density at radius 3 is 2.47 bits per heavy atom. The number of anilines is 1. The predicted molar refractivity (Wildman–Crippen MR) is 84.8 cm³/mol. The van der Waals surface area contributed by atoms with Crippen LogP contribution in [0.3, 0.4) is 0 Å². The number of nitrogens with zero attached hydrogens (tertiary/aromatic N) is 1. The van der Waals surface area contributed by atoms with Gasteiger partial charge in [-0.15, -0.1) is 11.6 Å². The zero-order chi connectivity index (χ0) is 13.9. The summed E-state index contributed by atoms with van der Waals surface area (Å²) in [6.07, 6.45) is 0. The molecular weight excluding hydrogens is 324 g/mol. The zero-order valence-electron chi connectivity index (χ0n) is 11.0. The highest BCUT2D eigenvalue weighted by Gasteiger charge is 2.25. The van der Waals surface area contributed by atoms with Crippen LogP contribution in [0.1, 0.15) is 18.2 Å². The summed E-state index contributed by atoms with van der Waals surface area (Å²) in [5, 5.41) is 3.43. The van der Waals surface area contributed by atoms with Gasteiger partial charge in [0.05, 0.1) is 11.2 Å². The Bertz CT molecular complexity index is 559. The number of aryl methyl sites for hydroxylation is 1. The van der Waals surface area contributed by atoms with Crippen LogP contribution in [0.15, 0.2) is 46.9 Å². The number of nitrogens with one attached hydrogen (secondary N) is 1. The van der Waals surface area contributed by atoms with E-state index < -0.39 is 0 Å². The lowest BCUT2D eigenvalue weighted by atomic mass is 9.94. The molecule has 0 aliphatic heterocycles. The Morgan fingerprint density at radius 2 is 1.89 bits per heavy atom. The van der Waals surface area contributed by atoms with Crippen LogP contribution >= 0.6 is 27.5 Å². The first-order chi connectivity index (χ1) is 9.05. The highest BCUT2D eigenvalue weighted by molar-refractivity contribution is 9.10. The van der Waals surface area contributed by atoms with E-state index in [0.29, 0.717) is 5.88 Å². The van der Waals surface area contributed by atoms with Gasteiger partial charge in [-0.2, -0.15) is 0 Å². The maximum atomic E-state index is 6.16. The molecule has 2 rings (SSSR count). The molecular formula is C15H16BrClN2. The lowest BCUT2D eigenvalue weighted by Gasteiger charge is -2.30. The van der Waals surface area contributed by atoms with E-state index >= 15 is 0 Å². The van der Waals surface area contributed by atoms with Gasteiger partial charge in [0.25, 0.3) is 0 Å². The number of rotatable bonds is 4. The summed E-state index contributed by atoms with van der Waals surface area (Å²) < 4.78 is 1.00. The summed E-state index contributed by atoms with van der Waals surface area (Å²) in [4.78, 5) is 4.51. The smallest absolute Gasteiger partial charge is 0.127 e. The Balaban J connectivity index is 2.30. The number of hydrogen-bond donors (Lipinski definition) is 1. The van der Waals surface area contributed by atoms with Crippen LogP contribution in [-0.2, 0) is 5.54 Å². The Hall–Kier alpha value is -1.06. The molecule has 1 aromatic heterocycles. The summed E-state index contributed by atoms with van der Waals surface area (Å²) >= 11 is 9.62. The first-order valence-corrected chi connectivity index (χ1v) is 7.41. The minimum Gasteiger partial charge on any atom is -0.360 e. The van der Waals surface area contributed by atoms with Crippen molar-refractivity contribution in [3.05, 3.63) is 58.2 Å². The molecule has 0 spiro atoms. The van der Waals surface area contributed by atoms with Gasteiger partial charge >= 0.3 is 0 Å². The van der Waals surface area contributed by atoms with Gasteiger partial charge < -0.3 is 5.32 Å². The van der Waals surface area contributed by atoms with Crippen LogP contribution in [0.2, 0.25) is 0 Å². The fraction of sp³-hybridized carbons (Fsp3) is 0.267. The van der Waals surface area contributed by atoms with Crippen molar-refractivity contribution in [1.29, 1.82) is 0 Å². The summed E-state index contributed by atoms with van der Waals surface area (Å²) in [6.45, 7) is 4.05. The van der Waals surface area contributed by atoms with Gasteiger partial charge in [-0.05, 0) is 47.5 Å². The van der Waals surface area contributed by atoms with Crippen molar-refractivity contribution < 1.29 is 0 Å². The quantitative estimate of drug-likeness (QED) is 0.815. The largest absolute Gasteiger partial charge is 0.360 e. The van der Waals surface area contributed by atoms with Gasteiger partial charge in [0.15, 0.2) is 0 Å². The average molecular weight is 340 g/mol. The predicted octanol–water partition coefficient (Wildman–Crippen LogP) is 4.72. The van der Waals surface area contributed by atoms with Crippen LogP contribution in [-0.4, -0.2) is 10.9 Å². The number of hydrogen-bond acceptors (Lipinski definition) is 2. The van der Waals surface area contributed by atoms with Gasteiger partial charge in [-0.3, -0.25) is 0 Å². The van der Waals surface area contributed by atoms with Crippen molar-refractivity contribution in [1.82, 2.24) is 4.98 Å². The lowest BCUT2D eigenvalue weighted by molar-refractivity contribution is 0.613. The second kappa shape index (κ2) is 5.93. The normalized spacial score (nSPS) is 13.9. The SMILES string of the molecule is Cc1nc(NC(C)(CCl)c2ccccc2)ccc1Br. The standard InChI is InChI=1S/C15H16BrClN2/c1-11-13(16)8-9-14(18-11)19-15(2,10-17)12-6-4-3-5-7-12/h3-9H,10H2,1-2H3,(H,18,19). The van der Waals surface area contributed by atoms with E-state index in [0.717, 1.165) is 21.5 Å². The Morgan fingerprint density at radius 1 is 1.21 bits per heavy atom. The topological polar surface area (TPSA) is 24.9 Å². The van der Waals surface area contributed by atoms with Crippen LogP contribution < -0.4 is 5.32 Å². The molecule has 0 aliphatic rings. The van der Waals surface area contributed by atoms with E-state index in [1.807, 2.05) is 37.3 Å². The van der Waals surface area contributed by atoms with Gasteiger partial charge in [0, 0.05) is 10.4 Å². The first-order valence-electron chi connectivity index (χ1n) is 6.08. The van der Waals surface area contributed by atoms with Gasteiger partial charge in [0.2, 0.25) is 0 Å². The van der Waals surface area contributed by atoms with Crippen LogP contribution in [0.25, 0.3) is 0 Å². The molecule has 0 amide bonds. The number of aromatic nitrogens is 1. The fourth-order valence-corrected chi connectivity index (χ4v) is 2.33. The number of benzene rings is 1. The molecule has 1 unspecified atom stereocenters. The molecule has 2 aromatic rings. The molecule has 0 radical (unpaired) electrons. The van der Waals surface area contributed by atoms with Gasteiger partial charge in [0.1, 0.15) is 5.82 Å². The summed E-state index contributed by atoms with van der Waals surface area (Å²) in [7, 11) is 0. The minimum atomic E-state index is -0.337. The van der Waals surface area contributed by atoms with Gasteiger partial charge in [-0.25, -0.2) is 4.98 Å². The van der Waals surface area contributed by atoms with E-state index in [9.17, 15) is 0 Å². The van der Waals surface area contributed by atoms with Crippen molar-refractivity contribution in [3.63, 3.8) is 0 Å². The van der Waals surface area contributed by atoms with Crippen LogP contribution in [0, 0.1) is 6.92 Å². The van der Waals surface area contributed by atoms with Crippen LogP contribution in [0.5, 0.6) is 0 Å². The molecule has 0 bridgehead atoms. The minimum absolute atomic E-state index is 0.337. The second-order valence-corrected chi connectivity index (χ2v) is 5.84. The molecule has 4 heteroatoms. The van der Waals surface area contributed by atoms with E-state index in [2.05, 4.69) is 45.3 Å². The molecule has 1 heterocycles. The third kappa shape index (κ3) is 3.28. The molecule has 19 heavy (non-hydrogen) atoms. The highest BCUT2D eigenvalue weighted by Crippen LogP contribution is 2.27. The molecule has 100 valence electrons. The van der Waals surface area contributed by atoms with Crippen molar-refractivity contribution in [2.75, 3.05) is 11.2 Å². The number of halogens is 2. The van der Waals surface area contributed by atoms with Gasteiger partial charge in [-0.1, -0.05) is 30.3 Å². The van der Waals surface area contributed by atoms with Crippen LogP contribution in [0.4, 0.5) is 5.82 Å². The molecule has 0 saturated carbocycles. The van der Waals surface area contributed by atoms with Crippen molar-refractivity contribution >= 4 is 33.3 Å². The van der Waals surface area contributed by atoms with E-state index in [1.54, 1.807) is 0 Å². The van der Waals surface area contributed by atoms with Crippen molar-refractivity contribution in [3.8, 4) is 0 Å². The average Bonchev–Trinajstić information content (AvgIpc) is 2.44. The second-order valence-electron chi connectivity index (χ2n) is 4.72. The fourth-order valence-electron chi connectivity index (χ4n) is 1.89. The highest BCUT2D eigenvalue weighted by atomic mass is 79.9. The lowest BCUT2D eigenvalue weighted by Crippen LogP contribution is -2.34. The number of alkyl halides is 1. The third-order valence-corrected chi connectivity index (χ3v) is 4.48. The van der Waals surface area contributed by atoms with Crippen molar-refractivity contribution in [2.24, 2.45) is 0 Å². The maximum Gasteiger partial charge on any atom is 0.127 e. The maximum absolute atomic E-state index is 6.16. The summed E-state index contributed by atoms with van der Waals surface area (Å²) in [5.41, 5.74) is 1.76. The number of pyridine rings is 1. The summed E-state index contributed by atoms with van der Waals surface area (Å²) in [6, 6.07) is 14.1. The van der Waals surface area contributed by atoms with E-state index in [4.69, 9.17) is 11.6 Å². The molecule has 1 atom stereocenters. The Kier molecular flexibility index (Phi) is 4.48. The zero-order valence-corrected chi connectivity index (χ0v) is 13.3.